The number of amides is 3. The average Bonchev–Trinajstić information content (AvgIpc) is 3.17. The van der Waals surface area contributed by atoms with Gasteiger partial charge in [-0.15, -0.1) is 0 Å². The van der Waals surface area contributed by atoms with E-state index in [-0.39, 0.29) is 36.4 Å². The molecule has 3 amide bonds. The lowest BCUT2D eigenvalue weighted by molar-refractivity contribution is -0.116. The zero-order valence-electron chi connectivity index (χ0n) is 16.0. The van der Waals surface area contributed by atoms with Gasteiger partial charge >= 0.3 is 0 Å². The summed E-state index contributed by atoms with van der Waals surface area (Å²) in [4.78, 5) is 40.4. The van der Waals surface area contributed by atoms with Crippen LogP contribution < -0.4 is 27.4 Å². The Morgan fingerprint density at radius 1 is 1.04 bits per heavy atom. The molecule has 0 fully saturated rings. The van der Waals surface area contributed by atoms with Crippen molar-refractivity contribution in [1.29, 1.82) is 0 Å². The molecule has 2 aromatic heterocycles. The fraction of sp³-hybridized carbons (Fsp3) is 0.412. The number of nitrogens with one attached hydrogen (secondary N) is 3. The van der Waals surface area contributed by atoms with E-state index in [4.69, 9.17) is 11.5 Å². The second-order valence-corrected chi connectivity index (χ2v) is 6.22. The largest absolute Gasteiger partial charge is 0.351 e. The Bertz CT molecular complexity index is 855. The van der Waals surface area contributed by atoms with E-state index < -0.39 is 5.91 Å². The quantitative estimate of drug-likeness (QED) is 0.358. The van der Waals surface area contributed by atoms with E-state index in [1.807, 2.05) is 0 Å². The minimum absolute atomic E-state index is 0.112. The van der Waals surface area contributed by atoms with Gasteiger partial charge in [0.25, 0.3) is 11.8 Å². The first-order valence-electron chi connectivity index (χ1n) is 8.85. The molecule has 7 N–H and O–H groups in total. The molecular weight excluding hydrogens is 364 g/mol. The molecule has 11 nitrogen and oxygen atoms in total. The highest BCUT2D eigenvalue weighted by Crippen LogP contribution is 2.15. The van der Waals surface area contributed by atoms with Crippen molar-refractivity contribution in [3.8, 4) is 0 Å². The Hall–Kier alpha value is -3.18. The maximum atomic E-state index is 12.5. The van der Waals surface area contributed by atoms with E-state index in [0.29, 0.717) is 30.9 Å². The van der Waals surface area contributed by atoms with Crippen LogP contribution in [0.5, 0.6) is 0 Å². The summed E-state index contributed by atoms with van der Waals surface area (Å²) in [7, 11) is 3.35. The molecule has 152 valence electrons. The zero-order chi connectivity index (χ0) is 20.7. The molecule has 0 saturated heterocycles. The minimum atomic E-state index is -0.470. The fourth-order valence-corrected chi connectivity index (χ4v) is 2.51. The third-order valence-electron chi connectivity index (χ3n) is 3.88. The van der Waals surface area contributed by atoms with Crippen LogP contribution in [0, 0.1) is 0 Å². The Morgan fingerprint density at radius 2 is 1.79 bits per heavy atom. The third-order valence-corrected chi connectivity index (χ3v) is 3.88. The van der Waals surface area contributed by atoms with Crippen molar-refractivity contribution < 1.29 is 14.4 Å². The van der Waals surface area contributed by atoms with E-state index in [1.54, 1.807) is 30.9 Å². The van der Waals surface area contributed by atoms with Crippen LogP contribution in [0.1, 0.15) is 33.9 Å². The SMILES string of the molecule is Cn1cc(NC(=O)c2nc(NC(=O)CCN)cn2C)cc1C(=O)NCCCN. The number of hydrogen-bond donors (Lipinski definition) is 5. The van der Waals surface area contributed by atoms with Crippen molar-refractivity contribution in [3.63, 3.8) is 0 Å². The summed E-state index contributed by atoms with van der Waals surface area (Å²) in [5.41, 5.74) is 11.6. The number of anilines is 2. The van der Waals surface area contributed by atoms with Gasteiger partial charge in [-0.2, -0.15) is 0 Å². The van der Waals surface area contributed by atoms with Crippen LogP contribution in [-0.2, 0) is 18.9 Å². The van der Waals surface area contributed by atoms with Crippen LogP contribution in [-0.4, -0.2) is 51.5 Å². The highest BCUT2D eigenvalue weighted by atomic mass is 16.2. The van der Waals surface area contributed by atoms with Crippen LogP contribution in [0.4, 0.5) is 11.5 Å². The molecule has 0 saturated carbocycles. The number of hydrogen-bond acceptors (Lipinski definition) is 6. The van der Waals surface area contributed by atoms with E-state index in [2.05, 4.69) is 20.9 Å². The number of carbonyl (C=O) groups is 3. The third kappa shape index (κ3) is 5.41. The summed E-state index contributed by atoms with van der Waals surface area (Å²) in [6.45, 7) is 1.20. The van der Waals surface area contributed by atoms with Gasteiger partial charge in [-0.3, -0.25) is 14.4 Å². The van der Waals surface area contributed by atoms with Crippen molar-refractivity contribution >= 4 is 29.2 Å². The minimum Gasteiger partial charge on any atom is -0.351 e. The average molecular weight is 390 g/mol. The first kappa shape index (κ1) is 21.1. The normalized spacial score (nSPS) is 10.6. The molecule has 0 radical (unpaired) electrons. The predicted molar refractivity (Wildman–Crippen MR) is 105 cm³/mol. The Morgan fingerprint density at radius 3 is 2.46 bits per heavy atom. The number of nitrogens with two attached hydrogens (primary N) is 2. The van der Waals surface area contributed by atoms with Crippen molar-refractivity contribution in [2.45, 2.75) is 12.8 Å². The molecule has 0 aromatic carbocycles. The molecule has 2 heterocycles. The number of aromatic nitrogens is 3. The van der Waals surface area contributed by atoms with E-state index in [1.165, 1.54) is 10.8 Å². The van der Waals surface area contributed by atoms with E-state index >= 15 is 0 Å². The summed E-state index contributed by atoms with van der Waals surface area (Å²) in [5, 5.41) is 8.04. The summed E-state index contributed by atoms with van der Waals surface area (Å²) in [6.07, 6.45) is 4.01. The van der Waals surface area contributed by atoms with Crippen molar-refractivity contribution in [3.05, 3.63) is 30.0 Å². The molecule has 0 aliphatic carbocycles. The lowest BCUT2D eigenvalue weighted by atomic mass is 10.3. The molecule has 2 aromatic rings. The monoisotopic (exact) mass is 390 g/mol. The number of aryl methyl sites for hydroxylation is 2. The van der Waals surface area contributed by atoms with Gasteiger partial charge in [0.1, 0.15) is 5.69 Å². The van der Waals surface area contributed by atoms with Crippen LogP contribution in [0.15, 0.2) is 18.5 Å². The molecule has 0 unspecified atom stereocenters. The molecule has 0 atom stereocenters. The van der Waals surface area contributed by atoms with Crippen LogP contribution >= 0.6 is 0 Å². The summed E-state index contributed by atoms with van der Waals surface area (Å²) in [5.74, 6) is -0.623. The molecule has 0 bridgehead atoms. The Kier molecular flexibility index (Phi) is 7.29. The van der Waals surface area contributed by atoms with E-state index in [0.717, 1.165) is 0 Å². The van der Waals surface area contributed by atoms with Crippen molar-refractivity contribution in [2.75, 3.05) is 30.3 Å². The summed E-state index contributed by atoms with van der Waals surface area (Å²) < 4.78 is 3.11. The van der Waals surface area contributed by atoms with Crippen LogP contribution in [0.3, 0.4) is 0 Å². The molecule has 0 aliphatic heterocycles. The van der Waals surface area contributed by atoms with Gasteiger partial charge in [-0.25, -0.2) is 4.98 Å². The number of imidazole rings is 1. The topological polar surface area (TPSA) is 162 Å². The molecule has 28 heavy (non-hydrogen) atoms. The number of carbonyl (C=O) groups excluding carboxylic acids is 3. The van der Waals surface area contributed by atoms with Crippen molar-refractivity contribution in [1.82, 2.24) is 19.4 Å². The zero-order valence-corrected chi connectivity index (χ0v) is 16.0. The maximum absolute atomic E-state index is 12.5. The fourth-order valence-electron chi connectivity index (χ4n) is 2.51. The Labute approximate surface area is 162 Å². The van der Waals surface area contributed by atoms with Gasteiger partial charge in [-0.05, 0) is 19.0 Å². The van der Waals surface area contributed by atoms with Crippen LogP contribution in [0.25, 0.3) is 0 Å². The van der Waals surface area contributed by atoms with Gasteiger partial charge in [0, 0.05) is 46.0 Å². The summed E-state index contributed by atoms with van der Waals surface area (Å²) >= 11 is 0. The second-order valence-electron chi connectivity index (χ2n) is 6.22. The first-order chi connectivity index (χ1) is 13.3. The van der Waals surface area contributed by atoms with Gasteiger partial charge in [0.15, 0.2) is 5.82 Å². The van der Waals surface area contributed by atoms with Gasteiger partial charge in [-0.1, -0.05) is 0 Å². The van der Waals surface area contributed by atoms with Crippen LogP contribution in [0.2, 0.25) is 0 Å². The molecule has 11 heteroatoms. The summed E-state index contributed by atoms with van der Waals surface area (Å²) in [6, 6.07) is 1.57. The predicted octanol–water partition coefficient (Wildman–Crippen LogP) is -0.623. The lowest BCUT2D eigenvalue weighted by Crippen LogP contribution is -2.27. The Balaban J connectivity index is 2.05. The first-order valence-corrected chi connectivity index (χ1v) is 8.85. The van der Waals surface area contributed by atoms with Gasteiger partial charge in [0.05, 0.1) is 5.69 Å². The van der Waals surface area contributed by atoms with E-state index in [9.17, 15) is 14.4 Å². The molecule has 2 rings (SSSR count). The van der Waals surface area contributed by atoms with Crippen molar-refractivity contribution in [2.24, 2.45) is 25.6 Å². The van der Waals surface area contributed by atoms with Gasteiger partial charge in [0.2, 0.25) is 11.7 Å². The molecular formula is C17H26N8O3. The number of rotatable bonds is 9. The highest BCUT2D eigenvalue weighted by molar-refractivity contribution is 6.03. The van der Waals surface area contributed by atoms with Gasteiger partial charge < -0.3 is 36.6 Å². The molecule has 0 spiro atoms. The smallest absolute Gasteiger partial charge is 0.291 e. The maximum Gasteiger partial charge on any atom is 0.291 e. The molecule has 0 aliphatic rings. The lowest BCUT2D eigenvalue weighted by Gasteiger charge is -2.04. The highest BCUT2D eigenvalue weighted by Gasteiger charge is 2.18. The second kappa shape index (κ2) is 9.67. The number of nitrogens with zero attached hydrogens (tertiary/aromatic N) is 3. The standard InChI is InChI=1S/C17H26N8O3/c1-24-9-11(8-12(24)16(27)20-7-3-5-18)21-17(28)15-23-13(10-25(15)2)22-14(26)4-6-19/h8-10H,3-7,18-19H2,1-2H3,(H,20,27)(H,21,28)(H,22,26).